The summed E-state index contributed by atoms with van der Waals surface area (Å²) in [4.78, 5) is 16.3. The highest BCUT2D eigenvalue weighted by Crippen LogP contribution is 2.12. The third kappa shape index (κ3) is 7.08. The molecule has 9 heteroatoms. The molecule has 2 rings (SSSR count). The monoisotopic (exact) mass is 562 g/mol. The summed E-state index contributed by atoms with van der Waals surface area (Å²) in [6.45, 7) is 6.04. The van der Waals surface area contributed by atoms with Gasteiger partial charge in [0.2, 0.25) is 0 Å². The van der Waals surface area contributed by atoms with Crippen LogP contribution in [0.3, 0.4) is 0 Å². The molecule has 0 saturated heterocycles. The molecule has 0 aliphatic heterocycles. The van der Waals surface area contributed by atoms with Gasteiger partial charge in [-0.05, 0) is 38.5 Å². The SMILES string of the molecule is CN=C(NCCCNC(=O)c1cccc(Br)c1)NCc1c(C)nn(C)c1C.I. The van der Waals surface area contributed by atoms with E-state index in [0.717, 1.165) is 28.2 Å². The molecule has 1 aromatic carbocycles. The predicted molar refractivity (Wildman–Crippen MR) is 127 cm³/mol. The van der Waals surface area contributed by atoms with Crippen LogP contribution in [0.25, 0.3) is 0 Å². The van der Waals surface area contributed by atoms with Gasteiger partial charge in [-0.1, -0.05) is 22.0 Å². The fourth-order valence-corrected chi connectivity index (χ4v) is 3.09. The molecule has 7 nitrogen and oxygen atoms in total. The maximum Gasteiger partial charge on any atom is 0.251 e. The Morgan fingerprint density at radius 1 is 1.21 bits per heavy atom. The number of amides is 1. The van der Waals surface area contributed by atoms with Crippen molar-refractivity contribution in [3.8, 4) is 0 Å². The van der Waals surface area contributed by atoms with Gasteiger partial charge in [-0.2, -0.15) is 5.10 Å². The average Bonchev–Trinajstić information content (AvgIpc) is 2.89. The Balaban J connectivity index is 0.00000392. The second-order valence-corrected chi connectivity index (χ2v) is 7.16. The Morgan fingerprint density at radius 3 is 2.54 bits per heavy atom. The minimum atomic E-state index is -0.0682. The number of aromatic nitrogens is 2. The molecular formula is C19H28BrIN6O. The third-order valence-corrected chi connectivity index (χ3v) is 4.83. The van der Waals surface area contributed by atoms with Crippen molar-refractivity contribution in [2.75, 3.05) is 20.1 Å². The van der Waals surface area contributed by atoms with Gasteiger partial charge < -0.3 is 16.0 Å². The van der Waals surface area contributed by atoms with Gasteiger partial charge in [-0.15, -0.1) is 24.0 Å². The van der Waals surface area contributed by atoms with E-state index in [1.807, 2.05) is 36.9 Å². The lowest BCUT2D eigenvalue weighted by Crippen LogP contribution is -2.38. The number of guanidine groups is 1. The summed E-state index contributed by atoms with van der Waals surface area (Å²) in [7, 11) is 3.69. The maximum absolute atomic E-state index is 12.1. The molecule has 0 saturated carbocycles. The average molecular weight is 563 g/mol. The molecule has 1 aromatic heterocycles. The number of halogens is 2. The zero-order valence-electron chi connectivity index (χ0n) is 16.7. The number of aryl methyl sites for hydroxylation is 2. The van der Waals surface area contributed by atoms with Crippen LogP contribution in [-0.2, 0) is 13.6 Å². The van der Waals surface area contributed by atoms with E-state index in [2.05, 4.69) is 48.9 Å². The highest BCUT2D eigenvalue weighted by Gasteiger charge is 2.09. The number of carbonyl (C=O) groups is 1. The number of nitrogens with one attached hydrogen (secondary N) is 3. The Hall–Kier alpha value is -1.62. The van der Waals surface area contributed by atoms with E-state index in [1.165, 1.54) is 5.56 Å². The van der Waals surface area contributed by atoms with Crippen LogP contribution in [0.5, 0.6) is 0 Å². The van der Waals surface area contributed by atoms with Gasteiger partial charge in [0.15, 0.2) is 5.96 Å². The first-order valence-corrected chi connectivity index (χ1v) is 9.69. The van der Waals surface area contributed by atoms with Crippen molar-refractivity contribution in [1.29, 1.82) is 0 Å². The molecule has 0 aliphatic rings. The number of hydrogen-bond acceptors (Lipinski definition) is 3. The summed E-state index contributed by atoms with van der Waals surface area (Å²) in [5.41, 5.74) is 4.00. The van der Waals surface area contributed by atoms with E-state index in [1.54, 1.807) is 13.1 Å². The maximum atomic E-state index is 12.1. The molecule has 0 fully saturated rings. The summed E-state index contributed by atoms with van der Waals surface area (Å²) in [5, 5.41) is 13.9. The van der Waals surface area contributed by atoms with E-state index >= 15 is 0 Å². The molecule has 0 bridgehead atoms. The van der Waals surface area contributed by atoms with Crippen LogP contribution in [0.15, 0.2) is 33.7 Å². The van der Waals surface area contributed by atoms with Crippen molar-refractivity contribution < 1.29 is 4.79 Å². The lowest BCUT2D eigenvalue weighted by molar-refractivity contribution is 0.0953. The molecule has 1 heterocycles. The van der Waals surface area contributed by atoms with Crippen LogP contribution in [0.2, 0.25) is 0 Å². The summed E-state index contributed by atoms with van der Waals surface area (Å²) < 4.78 is 2.78. The molecule has 0 unspecified atom stereocenters. The van der Waals surface area contributed by atoms with Crippen molar-refractivity contribution in [2.24, 2.45) is 12.0 Å². The zero-order valence-corrected chi connectivity index (χ0v) is 20.6. The van der Waals surface area contributed by atoms with Crippen LogP contribution in [0.4, 0.5) is 0 Å². The first-order chi connectivity index (χ1) is 12.9. The van der Waals surface area contributed by atoms with E-state index in [9.17, 15) is 4.79 Å². The van der Waals surface area contributed by atoms with E-state index < -0.39 is 0 Å². The Kier molecular flexibility index (Phi) is 10.5. The first-order valence-electron chi connectivity index (χ1n) is 8.89. The number of hydrogen-bond donors (Lipinski definition) is 3. The fourth-order valence-electron chi connectivity index (χ4n) is 2.69. The quantitative estimate of drug-likeness (QED) is 0.210. The highest BCUT2D eigenvalue weighted by atomic mass is 127. The van der Waals surface area contributed by atoms with E-state index in [0.29, 0.717) is 25.2 Å². The van der Waals surface area contributed by atoms with Gasteiger partial charge in [-0.25, -0.2) is 0 Å². The van der Waals surface area contributed by atoms with E-state index in [-0.39, 0.29) is 29.9 Å². The number of benzene rings is 1. The summed E-state index contributed by atoms with van der Waals surface area (Å²) in [5.74, 6) is 0.664. The van der Waals surface area contributed by atoms with E-state index in [4.69, 9.17) is 0 Å². The van der Waals surface area contributed by atoms with Gasteiger partial charge in [-0.3, -0.25) is 14.5 Å². The van der Waals surface area contributed by atoms with Gasteiger partial charge in [0.1, 0.15) is 0 Å². The molecule has 2 aromatic rings. The van der Waals surface area contributed by atoms with Crippen LogP contribution >= 0.6 is 39.9 Å². The van der Waals surface area contributed by atoms with Crippen LogP contribution in [-0.4, -0.2) is 41.8 Å². The van der Waals surface area contributed by atoms with Gasteiger partial charge in [0, 0.05) is 55.0 Å². The van der Waals surface area contributed by atoms with Crippen molar-refractivity contribution >= 4 is 51.8 Å². The topological polar surface area (TPSA) is 83.3 Å². The number of nitrogens with zero attached hydrogens (tertiary/aromatic N) is 3. The summed E-state index contributed by atoms with van der Waals surface area (Å²) >= 11 is 3.37. The summed E-state index contributed by atoms with van der Waals surface area (Å²) in [6, 6.07) is 7.35. The van der Waals surface area contributed by atoms with Crippen molar-refractivity contribution in [3.05, 3.63) is 51.3 Å². The fraction of sp³-hybridized carbons (Fsp3) is 0.421. The molecule has 3 N–H and O–H groups in total. The molecule has 0 radical (unpaired) electrons. The molecule has 28 heavy (non-hydrogen) atoms. The minimum absolute atomic E-state index is 0. The van der Waals surface area contributed by atoms with Crippen molar-refractivity contribution in [1.82, 2.24) is 25.7 Å². The van der Waals surface area contributed by atoms with Gasteiger partial charge >= 0.3 is 0 Å². The van der Waals surface area contributed by atoms with Crippen LogP contribution in [0.1, 0.15) is 33.7 Å². The molecule has 154 valence electrons. The molecule has 0 atom stereocenters. The Morgan fingerprint density at radius 2 is 1.93 bits per heavy atom. The minimum Gasteiger partial charge on any atom is -0.356 e. The highest BCUT2D eigenvalue weighted by molar-refractivity contribution is 14.0. The number of carbonyl (C=O) groups excluding carboxylic acids is 1. The summed E-state index contributed by atoms with van der Waals surface area (Å²) in [6.07, 6.45) is 0.797. The smallest absolute Gasteiger partial charge is 0.251 e. The molecular weight excluding hydrogens is 535 g/mol. The van der Waals surface area contributed by atoms with Gasteiger partial charge in [0.25, 0.3) is 5.91 Å². The molecule has 0 aliphatic carbocycles. The second kappa shape index (κ2) is 12.1. The number of aliphatic imine (C=N–C) groups is 1. The largest absolute Gasteiger partial charge is 0.356 e. The standard InChI is InChI=1S/C19H27BrN6O.HI/c1-13-17(14(2)26(4)25-13)12-24-19(21-3)23-10-6-9-22-18(27)15-7-5-8-16(20)11-15;/h5,7-8,11H,6,9-10,12H2,1-4H3,(H,22,27)(H2,21,23,24);1H. The zero-order chi connectivity index (χ0) is 19.8. The molecule has 1 amide bonds. The van der Waals surface area contributed by atoms with Crippen molar-refractivity contribution in [2.45, 2.75) is 26.8 Å². The third-order valence-electron chi connectivity index (χ3n) is 4.33. The first kappa shape index (κ1) is 24.4. The second-order valence-electron chi connectivity index (χ2n) is 6.25. The van der Waals surface area contributed by atoms with Crippen molar-refractivity contribution in [3.63, 3.8) is 0 Å². The molecule has 0 spiro atoms. The van der Waals surface area contributed by atoms with Crippen LogP contribution in [0, 0.1) is 13.8 Å². The lowest BCUT2D eigenvalue weighted by atomic mass is 10.2. The number of rotatable bonds is 7. The van der Waals surface area contributed by atoms with Gasteiger partial charge in [0.05, 0.1) is 5.69 Å². The Labute approximate surface area is 191 Å². The normalized spacial score (nSPS) is 11.0. The van der Waals surface area contributed by atoms with Crippen LogP contribution < -0.4 is 16.0 Å². The predicted octanol–water partition coefficient (Wildman–Crippen LogP) is 2.90. The lowest BCUT2D eigenvalue weighted by Gasteiger charge is -2.12. The Bertz CT molecular complexity index is 821.